The van der Waals surface area contributed by atoms with Crippen LogP contribution in [0.15, 0.2) is 47.9 Å². The van der Waals surface area contributed by atoms with Crippen molar-refractivity contribution in [3.05, 3.63) is 47.9 Å². The number of thioether (sulfide) groups is 1. The van der Waals surface area contributed by atoms with Gasteiger partial charge in [0.1, 0.15) is 18.3 Å². The second-order valence-electron chi connectivity index (χ2n) is 11.0. The van der Waals surface area contributed by atoms with Crippen LogP contribution in [0.1, 0.15) is 54.4 Å². The highest BCUT2D eigenvalue weighted by Gasteiger charge is 2.24. The fourth-order valence-corrected chi connectivity index (χ4v) is 3.69. The van der Waals surface area contributed by atoms with Crippen molar-refractivity contribution in [2.75, 3.05) is 63.0 Å². The standard InChI is InChI=1S/C19H25N3O2.C7H10F2N2O.C5H11NO.C2H6S/c1-14(2)20-15-6-5-7-16(12-15)21-19(23)13-22-10-11-24-18-9-4-3-8-17(18)22;1-5(3-10)6(12)11-4-7(2,8)9;1-4-6(3)5(2)7;1-3-2/h3,5-8,12,14,20H,4,9-11,13H2,1-2H3,(H,21,23);5H,4H2,1-2H3,(H,11,12);4H2,1-3H3;1-2H3. The van der Waals surface area contributed by atoms with E-state index in [2.05, 4.69) is 41.5 Å². The molecule has 1 unspecified atom stereocenters. The molecule has 0 aromatic heterocycles. The summed E-state index contributed by atoms with van der Waals surface area (Å²) in [6.45, 7) is 11.5. The number of hydrogen-bond acceptors (Lipinski definition) is 8. The number of rotatable bonds is 9. The van der Waals surface area contributed by atoms with Crippen LogP contribution in [0.3, 0.4) is 0 Å². The molecule has 0 saturated carbocycles. The lowest BCUT2D eigenvalue weighted by atomic mass is 10.1. The number of alkyl halides is 2. The largest absolute Gasteiger partial charge is 0.494 e. The number of hydrogen-bond donors (Lipinski definition) is 3. The van der Waals surface area contributed by atoms with Crippen molar-refractivity contribution in [2.45, 2.75) is 66.3 Å². The SMILES string of the molecule is CC(C#N)C(=O)NCC(C)(F)F.CC(C)Nc1cccc(NC(=O)CN2CCOC3=C2C=CCC3)c1.CCN(C)C(C)=O.CSC. The van der Waals surface area contributed by atoms with E-state index < -0.39 is 24.3 Å². The molecular formula is C33H52F2N6O4S. The lowest BCUT2D eigenvalue weighted by molar-refractivity contribution is -0.127. The van der Waals surface area contributed by atoms with E-state index in [1.807, 2.05) is 49.0 Å². The predicted octanol–water partition coefficient (Wildman–Crippen LogP) is 5.72. The number of amides is 3. The van der Waals surface area contributed by atoms with Crippen molar-refractivity contribution in [1.29, 1.82) is 5.26 Å². The van der Waals surface area contributed by atoms with E-state index in [0.717, 1.165) is 48.8 Å². The molecule has 0 saturated heterocycles. The molecule has 0 fully saturated rings. The average molecular weight is 667 g/mol. The number of allylic oxidation sites excluding steroid dienone is 3. The summed E-state index contributed by atoms with van der Waals surface area (Å²) in [6, 6.07) is 9.82. The number of nitriles is 1. The van der Waals surface area contributed by atoms with Gasteiger partial charge in [0.2, 0.25) is 17.7 Å². The Kier molecular flexibility index (Phi) is 20.8. The highest BCUT2D eigenvalue weighted by atomic mass is 32.2. The van der Waals surface area contributed by atoms with Gasteiger partial charge in [-0.1, -0.05) is 12.1 Å². The van der Waals surface area contributed by atoms with Crippen LogP contribution < -0.4 is 16.0 Å². The number of halogens is 2. The molecule has 1 heterocycles. The number of nitrogens with one attached hydrogen (secondary N) is 3. The molecule has 3 N–H and O–H groups in total. The zero-order valence-electron chi connectivity index (χ0n) is 28.7. The van der Waals surface area contributed by atoms with E-state index in [-0.39, 0.29) is 11.8 Å². The summed E-state index contributed by atoms with van der Waals surface area (Å²) < 4.78 is 30.0. The van der Waals surface area contributed by atoms with Gasteiger partial charge in [-0.25, -0.2) is 8.78 Å². The Morgan fingerprint density at radius 2 is 1.83 bits per heavy atom. The average Bonchev–Trinajstić information content (AvgIpc) is 2.99. The summed E-state index contributed by atoms with van der Waals surface area (Å²) in [4.78, 5) is 37.2. The van der Waals surface area contributed by atoms with Gasteiger partial charge < -0.3 is 30.5 Å². The van der Waals surface area contributed by atoms with Gasteiger partial charge in [0, 0.05) is 51.3 Å². The smallest absolute Gasteiger partial charge is 0.262 e. The van der Waals surface area contributed by atoms with Gasteiger partial charge in [0.25, 0.3) is 5.92 Å². The zero-order chi connectivity index (χ0) is 35.3. The van der Waals surface area contributed by atoms with Crippen molar-refractivity contribution < 1.29 is 27.9 Å². The molecule has 1 aliphatic heterocycles. The topological polar surface area (TPSA) is 127 Å². The molecular weight excluding hydrogens is 614 g/mol. The van der Waals surface area contributed by atoms with E-state index in [4.69, 9.17) is 10.00 Å². The lowest BCUT2D eigenvalue weighted by Gasteiger charge is -2.33. The van der Waals surface area contributed by atoms with Crippen LogP contribution >= 0.6 is 11.8 Å². The van der Waals surface area contributed by atoms with Gasteiger partial charge in [-0.3, -0.25) is 14.4 Å². The quantitative estimate of drug-likeness (QED) is 0.306. The molecule has 258 valence electrons. The first-order valence-electron chi connectivity index (χ1n) is 15.2. The van der Waals surface area contributed by atoms with Gasteiger partial charge in [0.05, 0.1) is 31.4 Å². The maximum Gasteiger partial charge on any atom is 0.262 e. The molecule has 46 heavy (non-hydrogen) atoms. The third kappa shape index (κ3) is 18.9. The molecule has 1 aliphatic carbocycles. The van der Waals surface area contributed by atoms with Crippen LogP contribution in [0.5, 0.6) is 0 Å². The van der Waals surface area contributed by atoms with Crippen molar-refractivity contribution in [3.63, 3.8) is 0 Å². The predicted molar refractivity (Wildman–Crippen MR) is 184 cm³/mol. The summed E-state index contributed by atoms with van der Waals surface area (Å²) >= 11 is 1.75. The van der Waals surface area contributed by atoms with Crippen LogP contribution in [0.2, 0.25) is 0 Å². The van der Waals surface area contributed by atoms with E-state index >= 15 is 0 Å². The number of benzene rings is 1. The Bertz CT molecular complexity index is 1200. The summed E-state index contributed by atoms with van der Waals surface area (Å²) in [6.07, 6.45) is 10.2. The Morgan fingerprint density at radius 1 is 1.20 bits per heavy atom. The Morgan fingerprint density at radius 3 is 2.35 bits per heavy atom. The maximum absolute atomic E-state index is 12.4. The van der Waals surface area contributed by atoms with E-state index in [9.17, 15) is 23.2 Å². The molecule has 13 heteroatoms. The minimum atomic E-state index is -2.93. The van der Waals surface area contributed by atoms with Crippen LogP contribution in [0.25, 0.3) is 0 Å². The van der Waals surface area contributed by atoms with Gasteiger partial charge in [-0.2, -0.15) is 17.0 Å². The lowest BCUT2D eigenvalue weighted by Crippen LogP contribution is -2.38. The van der Waals surface area contributed by atoms with Gasteiger partial charge in [0.15, 0.2) is 0 Å². The summed E-state index contributed by atoms with van der Waals surface area (Å²) in [5.41, 5.74) is 2.87. The Labute approximate surface area is 278 Å². The van der Waals surface area contributed by atoms with Crippen molar-refractivity contribution in [1.82, 2.24) is 15.1 Å². The van der Waals surface area contributed by atoms with E-state index in [0.29, 0.717) is 26.1 Å². The Hall–Kier alpha value is -3.79. The van der Waals surface area contributed by atoms with Crippen molar-refractivity contribution >= 4 is 40.9 Å². The van der Waals surface area contributed by atoms with E-state index in [1.165, 1.54) is 6.92 Å². The van der Waals surface area contributed by atoms with Crippen molar-refractivity contribution in [2.24, 2.45) is 5.92 Å². The van der Waals surface area contributed by atoms with Gasteiger partial charge in [-0.05, 0) is 70.9 Å². The zero-order valence-corrected chi connectivity index (χ0v) is 29.5. The fourth-order valence-electron chi connectivity index (χ4n) is 3.69. The summed E-state index contributed by atoms with van der Waals surface area (Å²) in [5, 5.41) is 16.5. The minimum absolute atomic E-state index is 0.00980. The second kappa shape index (κ2) is 22.7. The summed E-state index contributed by atoms with van der Waals surface area (Å²) in [5.74, 6) is -3.34. The molecule has 3 amide bonds. The first-order valence-corrected chi connectivity index (χ1v) is 16.8. The maximum atomic E-state index is 12.4. The first kappa shape index (κ1) is 42.2. The molecule has 1 aromatic carbocycles. The summed E-state index contributed by atoms with van der Waals surface area (Å²) in [7, 11) is 1.78. The monoisotopic (exact) mass is 666 g/mol. The normalized spacial score (nSPS) is 13.8. The second-order valence-corrected chi connectivity index (χ2v) is 11.8. The number of carbonyl (C=O) groups is 3. The van der Waals surface area contributed by atoms with Crippen molar-refractivity contribution in [3.8, 4) is 6.07 Å². The number of anilines is 2. The molecule has 0 radical (unpaired) electrons. The molecule has 0 bridgehead atoms. The van der Waals surface area contributed by atoms with Crippen LogP contribution in [0, 0.1) is 17.2 Å². The Balaban J connectivity index is 0.000000768. The minimum Gasteiger partial charge on any atom is -0.494 e. The highest BCUT2D eigenvalue weighted by Crippen LogP contribution is 2.26. The van der Waals surface area contributed by atoms with Gasteiger partial charge in [-0.15, -0.1) is 0 Å². The number of nitrogens with zero attached hydrogens (tertiary/aromatic N) is 3. The molecule has 1 atom stereocenters. The molecule has 2 aliphatic rings. The van der Waals surface area contributed by atoms with Crippen LogP contribution in [-0.2, 0) is 19.1 Å². The van der Waals surface area contributed by atoms with E-state index in [1.54, 1.807) is 36.7 Å². The van der Waals surface area contributed by atoms with Gasteiger partial charge >= 0.3 is 0 Å². The molecule has 1 aromatic rings. The highest BCUT2D eigenvalue weighted by molar-refractivity contribution is 7.97. The molecule has 0 spiro atoms. The van der Waals surface area contributed by atoms with Crippen LogP contribution in [-0.4, -0.2) is 91.8 Å². The fraction of sp³-hybridized carbons (Fsp3) is 0.576. The third-order valence-corrected chi connectivity index (χ3v) is 6.19. The number of carbonyl (C=O) groups excluding carboxylic acids is 3. The molecule has 10 nitrogen and oxygen atoms in total. The van der Waals surface area contributed by atoms with Crippen LogP contribution in [0.4, 0.5) is 20.2 Å². The first-order chi connectivity index (χ1) is 21.6. The molecule has 3 rings (SSSR count). The number of ether oxygens (including phenoxy) is 1. The third-order valence-electron chi connectivity index (χ3n) is 6.19.